The average Bonchev–Trinajstić information content (AvgIpc) is 2.44. The molecule has 0 bridgehead atoms. The van der Waals surface area contributed by atoms with Crippen LogP contribution in [0.15, 0.2) is 23.1 Å². The van der Waals surface area contributed by atoms with Gasteiger partial charge in [0.1, 0.15) is 11.6 Å². The Hall–Kier alpha value is -0.810. The van der Waals surface area contributed by atoms with Gasteiger partial charge in [0.2, 0.25) is 0 Å². The molecule has 3 unspecified atom stereocenters. The number of hydrogen-bond acceptors (Lipinski definition) is 2. The van der Waals surface area contributed by atoms with E-state index in [2.05, 4.69) is 5.32 Å². The summed E-state index contributed by atoms with van der Waals surface area (Å²) in [6.07, 6.45) is 6.14. The molecule has 0 aromatic heterocycles. The fourth-order valence-corrected chi connectivity index (χ4v) is 4.72. The lowest BCUT2D eigenvalue weighted by atomic mass is 9.96. The molecular weight excluding hydrogens is 292 g/mol. The molecule has 21 heavy (non-hydrogen) atoms. The maximum absolute atomic E-state index is 13.9. The Labute approximate surface area is 127 Å². The Bertz CT molecular complexity index is 495. The van der Waals surface area contributed by atoms with Crippen LogP contribution in [-0.4, -0.2) is 22.0 Å². The van der Waals surface area contributed by atoms with Crippen LogP contribution in [0, 0.1) is 11.6 Å². The van der Waals surface area contributed by atoms with E-state index in [1.807, 2.05) is 6.92 Å². The SMILES string of the molecule is CCNC1CCCCCCC1S(=O)c1cc(F)ccc1F. The van der Waals surface area contributed by atoms with Crippen LogP contribution in [0.1, 0.15) is 45.4 Å². The van der Waals surface area contributed by atoms with Gasteiger partial charge in [0, 0.05) is 6.04 Å². The molecule has 2 rings (SSSR count). The summed E-state index contributed by atoms with van der Waals surface area (Å²) in [5.41, 5.74) is 0. The van der Waals surface area contributed by atoms with E-state index in [9.17, 15) is 13.0 Å². The minimum Gasteiger partial charge on any atom is -0.313 e. The third kappa shape index (κ3) is 4.33. The molecule has 0 aliphatic heterocycles. The van der Waals surface area contributed by atoms with Crippen molar-refractivity contribution in [2.24, 2.45) is 0 Å². The van der Waals surface area contributed by atoms with Gasteiger partial charge in [0.15, 0.2) is 0 Å². The van der Waals surface area contributed by atoms with Crippen molar-refractivity contribution in [2.45, 2.75) is 61.6 Å². The second-order valence-corrected chi connectivity index (χ2v) is 7.21. The predicted molar refractivity (Wildman–Crippen MR) is 81.7 cm³/mol. The van der Waals surface area contributed by atoms with E-state index in [1.54, 1.807) is 0 Å². The normalized spacial score (nSPS) is 25.1. The molecule has 1 N–H and O–H groups in total. The summed E-state index contributed by atoms with van der Waals surface area (Å²) in [5, 5.41) is 3.23. The summed E-state index contributed by atoms with van der Waals surface area (Å²) in [5.74, 6) is -1.11. The monoisotopic (exact) mass is 315 g/mol. The van der Waals surface area contributed by atoms with Crippen LogP contribution in [0.25, 0.3) is 0 Å². The average molecular weight is 315 g/mol. The highest BCUT2D eigenvalue weighted by Crippen LogP contribution is 2.26. The number of halogens is 2. The Balaban J connectivity index is 2.25. The van der Waals surface area contributed by atoms with Crippen molar-refractivity contribution in [3.8, 4) is 0 Å². The summed E-state index contributed by atoms with van der Waals surface area (Å²) in [6, 6.07) is 3.32. The van der Waals surface area contributed by atoms with Crippen molar-refractivity contribution in [1.29, 1.82) is 0 Å². The maximum atomic E-state index is 13.9. The van der Waals surface area contributed by atoms with Gasteiger partial charge < -0.3 is 5.32 Å². The first-order valence-corrected chi connectivity index (χ1v) is 8.93. The van der Waals surface area contributed by atoms with Crippen molar-refractivity contribution in [2.75, 3.05) is 6.54 Å². The smallest absolute Gasteiger partial charge is 0.139 e. The van der Waals surface area contributed by atoms with Crippen LogP contribution in [0.3, 0.4) is 0 Å². The Morgan fingerprint density at radius 1 is 1.19 bits per heavy atom. The molecule has 1 fully saturated rings. The van der Waals surface area contributed by atoms with E-state index in [0.717, 1.165) is 56.8 Å². The van der Waals surface area contributed by atoms with E-state index >= 15 is 0 Å². The van der Waals surface area contributed by atoms with E-state index in [0.29, 0.717) is 0 Å². The summed E-state index contributed by atoms with van der Waals surface area (Å²) >= 11 is 0. The number of hydrogen-bond donors (Lipinski definition) is 1. The molecule has 3 atom stereocenters. The van der Waals surface area contributed by atoms with Crippen LogP contribution in [0.4, 0.5) is 8.78 Å². The lowest BCUT2D eigenvalue weighted by Gasteiger charge is -2.29. The summed E-state index contributed by atoms with van der Waals surface area (Å²) < 4.78 is 40.0. The van der Waals surface area contributed by atoms with E-state index in [4.69, 9.17) is 0 Å². The number of benzene rings is 1. The summed E-state index contributed by atoms with van der Waals surface area (Å²) in [7, 11) is -1.52. The van der Waals surface area contributed by atoms with Crippen molar-refractivity contribution >= 4 is 10.8 Å². The van der Waals surface area contributed by atoms with Gasteiger partial charge in [0.05, 0.1) is 20.9 Å². The zero-order chi connectivity index (χ0) is 15.2. The van der Waals surface area contributed by atoms with Crippen LogP contribution in [-0.2, 0) is 10.8 Å². The summed E-state index contributed by atoms with van der Waals surface area (Å²) in [6.45, 7) is 2.81. The van der Waals surface area contributed by atoms with Gasteiger partial charge in [-0.05, 0) is 37.6 Å². The standard InChI is InChI=1S/C16H23F2NOS/c1-2-19-14-7-5-3-4-6-8-15(14)21(20)16-11-12(17)9-10-13(16)18/h9-11,14-15,19H,2-8H2,1H3. The van der Waals surface area contributed by atoms with E-state index < -0.39 is 22.4 Å². The first-order chi connectivity index (χ1) is 10.1. The van der Waals surface area contributed by atoms with Crippen LogP contribution in [0.2, 0.25) is 0 Å². The van der Waals surface area contributed by atoms with E-state index in [-0.39, 0.29) is 16.2 Å². The van der Waals surface area contributed by atoms with Crippen LogP contribution < -0.4 is 5.32 Å². The van der Waals surface area contributed by atoms with Crippen molar-refractivity contribution < 1.29 is 13.0 Å². The molecule has 0 saturated heterocycles. The maximum Gasteiger partial charge on any atom is 0.139 e. The second-order valence-electron chi connectivity index (χ2n) is 5.57. The highest BCUT2D eigenvalue weighted by molar-refractivity contribution is 7.85. The Kier molecular flexibility index (Phi) is 6.30. The van der Waals surface area contributed by atoms with Crippen molar-refractivity contribution in [1.82, 2.24) is 5.32 Å². The molecule has 1 aromatic carbocycles. The highest BCUT2D eigenvalue weighted by Gasteiger charge is 2.29. The molecule has 0 amide bonds. The van der Waals surface area contributed by atoms with Gasteiger partial charge in [-0.2, -0.15) is 0 Å². The second kappa shape index (κ2) is 7.99. The highest BCUT2D eigenvalue weighted by atomic mass is 32.2. The van der Waals surface area contributed by atoms with E-state index in [1.165, 1.54) is 6.42 Å². The lowest BCUT2D eigenvalue weighted by Crippen LogP contribution is -2.43. The largest absolute Gasteiger partial charge is 0.313 e. The fraction of sp³-hybridized carbons (Fsp3) is 0.625. The van der Waals surface area contributed by atoms with Gasteiger partial charge in [0.25, 0.3) is 0 Å². The molecule has 1 aliphatic carbocycles. The zero-order valence-electron chi connectivity index (χ0n) is 12.4. The zero-order valence-corrected chi connectivity index (χ0v) is 13.2. The molecule has 118 valence electrons. The minimum atomic E-state index is -1.52. The van der Waals surface area contributed by atoms with Gasteiger partial charge in [-0.3, -0.25) is 4.21 Å². The quantitative estimate of drug-likeness (QED) is 0.916. The predicted octanol–water partition coefficient (Wildman–Crippen LogP) is 3.77. The van der Waals surface area contributed by atoms with Gasteiger partial charge in [-0.1, -0.05) is 32.6 Å². The molecular formula is C16H23F2NOS. The molecule has 2 nitrogen and oxygen atoms in total. The molecule has 0 radical (unpaired) electrons. The van der Waals surface area contributed by atoms with Gasteiger partial charge in [-0.15, -0.1) is 0 Å². The number of nitrogens with one attached hydrogen (secondary N) is 1. The third-order valence-corrected chi connectivity index (χ3v) is 5.91. The molecule has 0 spiro atoms. The number of rotatable bonds is 4. The lowest BCUT2D eigenvalue weighted by molar-refractivity contribution is 0.400. The summed E-state index contributed by atoms with van der Waals surface area (Å²) in [4.78, 5) is 0.00322. The first kappa shape index (κ1) is 16.6. The molecule has 1 saturated carbocycles. The van der Waals surface area contributed by atoms with Gasteiger partial charge in [-0.25, -0.2) is 8.78 Å². The van der Waals surface area contributed by atoms with Crippen LogP contribution >= 0.6 is 0 Å². The fourth-order valence-electron chi connectivity index (χ4n) is 3.00. The van der Waals surface area contributed by atoms with Crippen molar-refractivity contribution in [3.05, 3.63) is 29.8 Å². The Morgan fingerprint density at radius 2 is 1.90 bits per heavy atom. The molecule has 0 heterocycles. The topological polar surface area (TPSA) is 29.1 Å². The minimum absolute atomic E-state index is 0.00322. The molecule has 5 heteroatoms. The molecule has 1 aliphatic rings. The van der Waals surface area contributed by atoms with Crippen LogP contribution in [0.5, 0.6) is 0 Å². The first-order valence-electron chi connectivity index (χ1n) is 7.72. The van der Waals surface area contributed by atoms with Gasteiger partial charge >= 0.3 is 0 Å². The van der Waals surface area contributed by atoms with Crippen molar-refractivity contribution in [3.63, 3.8) is 0 Å². The molecule has 1 aromatic rings. The Morgan fingerprint density at radius 3 is 2.62 bits per heavy atom. The third-order valence-electron chi connectivity index (χ3n) is 4.05.